The molecule has 3 N–H and O–H groups in total. The zero-order valence-electron chi connectivity index (χ0n) is 11.9. The summed E-state index contributed by atoms with van der Waals surface area (Å²) in [6.45, 7) is 2.18. The van der Waals surface area contributed by atoms with Gasteiger partial charge in [-0.3, -0.25) is 4.79 Å². The Hall–Kier alpha value is -2.20. The lowest BCUT2D eigenvalue weighted by atomic mass is 10.1. The quantitative estimate of drug-likeness (QED) is 0.853. The van der Waals surface area contributed by atoms with Gasteiger partial charge in [0.15, 0.2) is 0 Å². The lowest BCUT2D eigenvalue weighted by Crippen LogP contribution is -2.23. The molecule has 0 saturated carbocycles. The molecular weight excluding hydrogens is 288 g/mol. The molecule has 1 amide bonds. The van der Waals surface area contributed by atoms with Gasteiger partial charge in [-0.1, -0.05) is 17.7 Å². The van der Waals surface area contributed by atoms with Gasteiger partial charge in [0, 0.05) is 28.4 Å². The minimum absolute atomic E-state index is 0.202. The standard InChI is InChI=1S/C16H17ClN2O2/c1-10-6-11(8-12(18)7-10)16(20)19-9-13-14(17)4-3-5-15(13)21-2/h3-8H,9,18H2,1-2H3,(H,19,20). The van der Waals surface area contributed by atoms with E-state index >= 15 is 0 Å². The maximum Gasteiger partial charge on any atom is 0.251 e. The first-order chi connectivity index (χ1) is 10.0. The molecule has 0 aliphatic carbocycles. The summed E-state index contributed by atoms with van der Waals surface area (Å²) < 4.78 is 5.25. The molecule has 0 heterocycles. The molecule has 0 atom stereocenters. The smallest absolute Gasteiger partial charge is 0.251 e. The molecular formula is C16H17ClN2O2. The minimum Gasteiger partial charge on any atom is -0.496 e. The SMILES string of the molecule is COc1cccc(Cl)c1CNC(=O)c1cc(C)cc(N)c1. The third kappa shape index (κ3) is 3.67. The zero-order valence-corrected chi connectivity index (χ0v) is 12.7. The van der Waals surface area contributed by atoms with Gasteiger partial charge in [-0.15, -0.1) is 0 Å². The monoisotopic (exact) mass is 304 g/mol. The molecule has 0 fully saturated rings. The molecule has 0 saturated heterocycles. The highest BCUT2D eigenvalue weighted by atomic mass is 35.5. The van der Waals surface area contributed by atoms with Crippen LogP contribution in [0.25, 0.3) is 0 Å². The lowest BCUT2D eigenvalue weighted by molar-refractivity contribution is 0.0950. The highest BCUT2D eigenvalue weighted by Crippen LogP contribution is 2.26. The summed E-state index contributed by atoms with van der Waals surface area (Å²) in [6.07, 6.45) is 0. The van der Waals surface area contributed by atoms with Crippen molar-refractivity contribution in [2.24, 2.45) is 0 Å². The van der Waals surface area contributed by atoms with E-state index in [1.807, 2.05) is 13.0 Å². The van der Waals surface area contributed by atoms with Gasteiger partial charge in [0.25, 0.3) is 5.91 Å². The van der Waals surface area contributed by atoms with Crippen molar-refractivity contribution < 1.29 is 9.53 Å². The van der Waals surface area contributed by atoms with Crippen molar-refractivity contribution in [2.75, 3.05) is 12.8 Å². The van der Waals surface area contributed by atoms with Gasteiger partial charge in [0.05, 0.1) is 7.11 Å². The summed E-state index contributed by atoms with van der Waals surface area (Å²) in [6, 6.07) is 10.6. The Morgan fingerprint density at radius 3 is 2.76 bits per heavy atom. The molecule has 0 radical (unpaired) electrons. The van der Waals surface area contributed by atoms with Crippen LogP contribution in [0.15, 0.2) is 36.4 Å². The van der Waals surface area contributed by atoms with Gasteiger partial charge in [-0.2, -0.15) is 0 Å². The van der Waals surface area contributed by atoms with Crippen molar-refractivity contribution in [2.45, 2.75) is 13.5 Å². The number of hydrogen-bond donors (Lipinski definition) is 2. The van der Waals surface area contributed by atoms with Crippen molar-refractivity contribution >= 4 is 23.2 Å². The number of rotatable bonds is 4. The highest BCUT2D eigenvalue weighted by Gasteiger charge is 2.11. The van der Waals surface area contributed by atoms with Crippen LogP contribution in [0.4, 0.5) is 5.69 Å². The maximum absolute atomic E-state index is 12.2. The number of anilines is 1. The van der Waals surface area contributed by atoms with Crippen molar-refractivity contribution in [3.8, 4) is 5.75 Å². The highest BCUT2D eigenvalue weighted by molar-refractivity contribution is 6.31. The van der Waals surface area contributed by atoms with Crippen LogP contribution in [0.2, 0.25) is 5.02 Å². The van der Waals surface area contributed by atoms with Gasteiger partial charge in [-0.25, -0.2) is 0 Å². The summed E-state index contributed by atoms with van der Waals surface area (Å²) in [5, 5.41) is 3.38. The molecule has 5 heteroatoms. The van der Waals surface area contributed by atoms with E-state index in [0.29, 0.717) is 22.0 Å². The van der Waals surface area contributed by atoms with Crippen LogP contribution in [-0.2, 0) is 6.54 Å². The largest absolute Gasteiger partial charge is 0.496 e. The van der Waals surface area contributed by atoms with Crippen LogP contribution in [0.3, 0.4) is 0 Å². The average Bonchev–Trinajstić information content (AvgIpc) is 2.44. The fourth-order valence-corrected chi connectivity index (χ4v) is 2.35. The number of halogens is 1. The van der Waals surface area contributed by atoms with E-state index in [1.165, 1.54) is 0 Å². The third-order valence-electron chi connectivity index (χ3n) is 3.08. The first-order valence-electron chi connectivity index (χ1n) is 6.48. The van der Waals surface area contributed by atoms with Gasteiger partial charge in [0.1, 0.15) is 5.75 Å². The molecule has 0 aromatic heterocycles. The van der Waals surface area contributed by atoms with Gasteiger partial charge < -0.3 is 15.8 Å². The van der Waals surface area contributed by atoms with Crippen molar-refractivity contribution in [3.05, 3.63) is 58.1 Å². The molecule has 21 heavy (non-hydrogen) atoms. The van der Waals surface area contributed by atoms with E-state index in [1.54, 1.807) is 37.4 Å². The number of nitrogens with two attached hydrogens (primary N) is 1. The topological polar surface area (TPSA) is 64.3 Å². The molecule has 2 aromatic rings. The predicted molar refractivity (Wildman–Crippen MR) is 84.8 cm³/mol. The summed E-state index contributed by atoms with van der Waals surface area (Å²) in [5.41, 5.74) is 8.53. The molecule has 0 spiro atoms. The number of ether oxygens (including phenoxy) is 1. The summed E-state index contributed by atoms with van der Waals surface area (Å²) in [4.78, 5) is 12.2. The Kier molecular flexibility index (Phi) is 4.70. The molecule has 110 valence electrons. The molecule has 0 aliphatic rings. The Morgan fingerprint density at radius 1 is 1.33 bits per heavy atom. The zero-order chi connectivity index (χ0) is 15.4. The summed E-state index contributed by atoms with van der Waals surface area (Å²) >= 11 is 6.14. The van der Waals surface area contributed by atoms with E-state index in [2.05, 4.69) is 5.32 Å². The molecule has 2 rings (SSSR count). The van der Waals surface area contributed by atoms with Crippen LogP contribution in [-0.4, -0.2) is 13.0 Å². The summed E-state index contributed by atoms with van der Waals surface area (Å²) in [5.74, 6) is 0.443. The van der Waals surface area contributed by atoms with Crippen molar-refractivity contribution in [1.29, 1.82) is 0 Å². The van der Waals surface area contributed by atoms with Gasteiger partial charge in [0.2, 0.25) is 0 Å². The number of amides is 1. The fourth-order valence-electron chi connectivity index (χ4n) is 2.12. The van der Waals surface area contributed by atoms with Crippen LogP contribution in [0.1, 0.15) is 21.5 Å². The second-order valence-electron chi connectivity index (χ2n) is 4.74. The second kappa shape index (κ2) is 6.50. The van der Waals surface area contributed by atoms with Crippen LogP contribution in [0.5, 0.6) is 5.75 Å². The number of nitrogen functional groups attached to an aromatic ring is 1. The number of carbonyl (C=O) groups excluding carboxylic acids is 1. The Balaban J connectivity index is 2.15. The number of methoxy groups -OCH3 is 1. The first-order valence-corrected chi connectivity index (χ1v) is 6.86. The van der Waals surface area contributed by atoms with Crippen LogP contribution < -0.4 is 15.8 Å². The van der Waals surface area contributed by atoms with E-state index < -0.39 is 0 Å². The first kappa shape index (κ1) is 15.2. The lowest BCUT2D eigenvalue weighted by Gasteiger charge is -2.12. The van der Waals surface area contributed by atoms with E-state index in [-0.39, 0.29) is 12.5 Å². The minimum atomic E-state index is -0.202. The molecule has 2 aromatic carbocycles. The van der Waals surface area contributed by atoms with E-state index in [9.17, 15) is 4.79 Å². The van der Waals surface area contributed by atoms with Crippen molar-refractivity contribution in [1.82, 2.24) is 5.32 Å². The number of nitrogens with one attached hydrogen (secondary N) is 1. The van der Waals surface area contributed by atoms with Crippen molar-refractivity contribution in [3.63, 3.8) is 0 Å². The Bertz CT molecular complexity index is 651. The van der Waals surface area contributed by atoms with Crippen LogP contribution >= 0.6 is 11.6 Å². The molecule has 4 nitrogen and oxygen atoms in total. The number of aryl methyl sites for hydroxylation is 1. The Labute approximate surface area is 128 Å². The molecule has 0 bridgehead atoms. The number of carbonyl (C=O) groups is 1. The van der Waals surface area contributed by atoms with E-state index in [4.69, 9.17) is 22.1 Å². The Morgan fingerprint density at radius 2 is 2.10 bits per heavy atom. The number of hydrogen-bond acceptors (Lipinski definition) is 3. The summed E-state index contributed by atoms with van der Waals surface area (Å²) in [7, 11) is 1.57. The van der Waals surface area contributed by atoms with Gasteiger partial charge in [-0.05, 0) is 42.8 Å². The number of benzene rings is 2. The fraction of sp³-hybridized carbons (Fsp3) is 0.188. The average molecular weight is 305 g/mol. The molecule has 0 unspecified atom stereocenters. The van der Waals surface area contributed by atoms with Gasteiger partial charge >= 0.3 is 0 Å². The third-order valence-corrected chi connectivity index (χ3v) is 3.44. The van der Waals surface area contributed by atoms with Crippen LogP contribution in [0, 0.1) is 6.92 Å². The normalized spacial score (nSPS) is 10.2. The van der Waals surface area contributed by atoms with E-state index in [0.717, 1.165) is 11.1 Å². The maximum atomic E-state index is 12.2. The predicted octanol–water partition coefficient (Wildman–Crippen LogP) is 3.17. The second-order valence-corrected chi connectivity index (χ2v) is 5.14. The molecule has 0 aliphatic heterocycles.